The molecule has 0 unspecified atom stereocenters. The molecule has 0 aliphatic heterocycles. The topological polar surface area (TPSA) is 56.8 Å². The lowest BCUT2D eigenvalue weighted by Gasteiger charge is -2.10. The zero-order chi connectivity index (χ0) is 12.7. The molecule has 0 fully saturated rings. The summed E-state index contributed by atoms with van der Waals surface area (Å²) in [5.74, 6) is 0.0737. The lowest BCUT2D eigenvalue weighted by molar-refractivity contribution is 0.0597. The number of anilines is 1. The number of ether oxygens (including phenoxy) is 3. The molecule has 0 aromatic heterocycles. The van der Waals surface area contributed by atoms with Crippen molar-refractivity contribution < 1.29 is 19.0 Å². The van der Waals surface area contributed by atoms with Crippen LogP contribution in [0.2, 0.25) is 0 Å². The minimum absolute atomic E-state index is 0.410. The predicted octanol–water partition coefficient (Wildman–Crippen LogP) is 1.54. The minimum Gasteiger partial charge on any atom is -0.496 e. The maximum atomic E-state index is 11.4. The van der Waals surface area contributed by atoms with Gasteiger partial charge in [0.05, 0.1) is 20.8 Å². The molecule has 5 heteroatoms. The monoisotopic (exact) mass is 239 g/mol. The van der Waals surface area contributed by atoms with Crippen molar-refractivity contribution in [3.05, 3.63) is 23.8 Å². The van der Waals surface area contributed by atoms with Gasteiger partial charge in [0, 0.05) is 25.4 Å². The summed E-state index contributed by atoms with van der Waals surface area (Å²) < 4.78 is 14.7. The number of methoxy groups -OCH3 is 3. The van der Waals surface area contributed by atoms with Crippen LogP contribution in [-0.4, -0.2) is 40.5 Å². The third-order valence-corrected chi connectivity index (χ3v) is 2.24. The quantitative estimate of drug-likeness (QED) is 0.602. The molecule has 0 saturated carbocycles. The highest BCUT2D eigenvalue weighted by Gasteiger charge is 2.12. The SMILES string of the molecule is COCCNc1ccc(C(=O)OC)c(OC)c1. The van der Waals surface area contributed by atoms with E-state index in [-0.39, 0.29) is 0 Å². The summed E-state index contributed by atoms with van der Waals surface area (Å²) in [7, 11) is 4.50. The molecule has 0 aliphatic rings. The Labute approximate surface area is 101 Å². The van der Waals surface area contributed by atoms with E-state index in [0.29, 0.717) is 24.5 Å². The minimum atomic E-state index is -0.412. The summed E-state index contributed by atoms with van der Waals surface area (Å²) in [5.41, 5.74) is 1.28. The number of hydrogen-bond acceptors (Lipinski definition) is 5. The van der Waals surface area contributed by atoms with Crippen LogP contribution in [-0.2, 0) is 9.47 Å². The second-order valence-electron chi connectivity index (χ2n) is 3.33. The third-order valence-electron chi connectivity index (χ3n) is 2.24. The number of nitrogens with one attached hydrogen (secondary N) is 1. The fourth-order valence-corrected chi connectivity index (χ4v) is 1.38. The van der Waals surface area contributed by atoms with Crippen molar-refractivity contribution in [2.75, 3.05) is 39.8 Å². The first kappa shape index (κ1) is 13.3. The van der Waals surface area contributed by atoms with Crippen LogP contribution < -0.4 is 10.1 Å². The Hall–Kier alpha value is -1.75. The van der Waals surface area contributed by atoms with Crippen molar-refractivity contribution in [3.63, 3.8) is 0 Å². The van der Waals surface area contributed by atoms with Crippen molar-refractivity contribution in [2.45, 2.75) is 0 Å². The molecule has 0 bridgehead atoms. The van der Waals surface area contributed by atoms with Gasteiger partial charge in [0.1, 0.15) is 11.3 Å². The summed E-state index contributed by atoms with van der Waals surface area (Å²) in [4.78, 5) is 11.4. The van der Waals surface area contributed by atoms with Crippen LogP contribution in [0.4, 0.5) is 5.69 Å². The van der Waals surface area contributed by atoms with Crippen molar-refractivity contribution in [2.24, 2.45) is 0 Å². The smallest absolute Gasteiger partial charge is 0.341 e. The summed E-state index contributed by atoms with van der Waals surface area (Å²) >= 11 is 0. The van der Waals surface area contributed by atoms with E-state index in [1.54, 1.807) is 25.3 Å². The molecule has 0 amide bonds. The van der Waals surface area contributed by atoms with Gasteiger partial charge in [-0.1, -0.05) is 0 Å². The average Bonchev–Trinajstić information content (AvgIpc) is 2.38. The molecule has 0 spiro atoms. The molecular weight excluding hydrogens is 222 g/mol. The number of benzene rings is 1. The molecular formula is C12H17NO4. The van der Waals surface area contributed by atoms with Gasteiger partial charge in [0.25, 0.3) is 0 Å². The molecule has 0 saturated heterocycles. The van der Waals surface area contributed by atoms with E-state index in [4.69, 9.17) is 9.47 Å². The lowest BCUT2D eigenvalue weighted by atomic mass is 10.2. The van der Waals surface area contributed by atoms with E-state index in [2.05, 4.69) is 10.1 Å². The fourth-order valence-electron chi connectivity index (χ4n) is 1.38. The molecule has 0 radical (unpaired) electrons. The van der Waals surface area contributed by atoms with E-state index in [1.165, 1.54) is 14.2 Å². The Morgan fingerprint density at radius 1 is 1.29 bits per heavy atom. The van der Waals surface area contributed by atoms with E-state index in [0.717, 1.165) is 5.69 Å². The van der Waals surface area contributed by atoms with Crippen LogP contribution in [0, 0.1) is 0 Å². The van der Waals surface area contributed by atoms with Crippen molar-refractivity contribution >= 4 is 11.7 Å². The summed E-state index contributed by atoms with van der Waals surface area (Å²) in [6, 6.07) is 5.21. The van der Waals surface area contributed by atoms with Crippen molar-refractivity contribution in [1.29, 1.82) is 0 Å². The maximum Gasteiger partial charge on any atom is 0.341 e. The van der Waals surface area contributed by atoms with Gasteiger partial charge in [-0.25, -0.2) is 4.79 Å². The highest BCUT2D eigenvalue weighted by molar-refractivity contribution is 5.93. The van der Waals surface area contributed by atoms with Crippen LogP contribution in [0.1, 0.15) is 10.4 Å². The van der Waals surface area contributed by atoms with Gasteiger partial charge < -0.3 is 19.5 Å². The van der Waals surface area contributed by atoms with E-state index < -0.39 is 5.97 Å². The van der Waals surface area contributed by atoms with Gasteiger partial charge in [0.15, 0.2) is 0 Å². The molecule has 5 nitrogen and oxygen atoms in total. The lowest BCUT2D eigenvalue weighted by Crippen LogP contribution is -2.09. The molecule has 0 heterocycles. The van der Waals surface area contributed by atoms with Gasteiger partial charge in [-0.05, 0) is 12.1 Å². The number of hydrogen-bond donors (Lipinski definition) is 1. The molecule has 0 aliphatic carbocycles. The molecule has 1 aromatic carbocycles. The van der Waals surface area contributed by atoms with Gasteiger partial charge in [-0.2, -0.15) is 0 Å². The van der Waals surface area contributed by atoms with E-state index in [1.807, 2.05) is 0 Å². The number of rotatable bonds is 6. The second-order valence-corrected chi connectivity index (χ2v) is 3.33. The van der Waals surface area contributed by atoms with Gasteiger partial charge in [-0.15, -0.1) is 0 Å². The highest BCUT2D eigenvalue weighted by Crippen LogP contribution is 2.23. The number of carbonyl (C=O) groups excluding carboxylic acids is 1. The van der Waals surface area contributed by atoms with Crippen LogP contribution in [0.5, 0.6) is 5.75 Å². The largest absolute Gasteiger partial charge is 0.496 e. The van der Waals surface area contributed by atoms with E-state index >= 15 is 0 Å². The standard InChI is InChI=1S/C12H17NO4/c1-15-7-6-13-9-4-5-10(12(14)17-3)11(8-9)16-2/h4-5,8,13H,6-7H2,1-3H3. The molecule has 1 rings (SSSR count). The fraction of sp³-hybridized carbons (Fsp3) is 0.417. The number of esters is 1. The highest BCUT2D eigenvalue weighted by atomic mass is 16.5. The molecule has 94 valence electrons. The summed E-state index contributed by atoms with van der Waals surface area (Å²) in [6.45, 7) is 1.30. The van der Waals surface area contributed by atoms with Gasteiger partial charge in [0.2, 0.25) is 0 Å². The average molecular weight is 239 g/mol. The normalized spacial score (nSPS) is 9.82. The molecule has 1 N–H and O–H groups in total. The zero-order valence-corrected chi connectivity index (χ0v) is 10.3. The van der Waals surface area contributed by atoms with Crippen LogP contribution >= 0.6 is 0 Å². The first-order valence-corrected chi connectivity index (χ1v) is 5.22. The first-order chi connectivity index (χ1) is 8.22. The summed E-state index contributed by atoms with van der Waals surface area (Å²) in [6.07, 6.45) is 0. The molecule has 1 aromatic rings. The van der Waals surface area contributed by atoms with Crippen LogP contribution in [0.3, 0.4) is 0 Å². The van der Waals surface area contributed by atoms with Crippen LogP contribution in [0.25, 0.3) is 0 Å². The van der Waals surface area contributed by atoms with Gasteiger partial charge in [-0.3, -0.25) is 0 Å². The Kier molecular flexibility index (Phi) is 5.29. The maximum absolute atomic E-state index is 11.4. The molecule has 17 heavy (non-hydrogen) atoms. The Morgan fingerprint density at radius 3 is 2.65 bits per heavy atom. The van der Waals surface area contributed by atoms with E-state index in [9.17, 15) is 4.79 Å². The second kappa shape index (κ2) is 6.75. The zero-order valence-electron chi connectivity index (χ0n) is 10.3. The Morgan fingerprint density at radius 2 is 2.06 bits per heavy atom. The van der Waals surface area contributed by atoms with Crippen LogP contribution in [0.15, 0.2) is 18.2 Å². The summed E-state index contributed by atoms with van der Waals surface area (Å²) in [5, 5.41) is 3.15. The molecule has 0 atom stereocenters. The van der Waals surface area contributed by atoms with Crippen molar-refractivity contribution in [1.82, 2.24) is 0 Å². The Bertz CT molecular complexity index is 379. The first-order valence-electron chi connectivity index (χ1n) is 5.22. The Balaban J connectivity index is 2.81. The predicted molar refractivity (Wildman–Crippen MR) is 64.7 cm³/mol. The van der Waals surface area contributed by atoms with Gasteiger partial charge >= 0.3 is 5.97 Å². The van der Waals surface area contributed by atoms with Crippen molar-refractivity contribution in [3.8, 4) is 5.75 Å². The number of carbonyl (C=O) groups is 1. The third kappa shape index (κ3) is 3.64.